The van der Waals surface area contributed by atoms with Gasteiger partial charge in [0.2, 0.25) is 0 Å². The molecule has 1 unspecified atom stereocenters. The highest BCUT2D eigenvalue weighted by atomic mass is 16.5. The van der Waals surface area contributed by atoms with Gasteiger partial charge >= 0.3 is 5.97 Å². The average molecular weight is 315 g/mol. The van der Waals surface area contributed by atoms with Crippen LogP contribution < -0.4 is 5.32 Å². The average Bonchev–Trinajstić information content (AvgIpc) is 3.02. The van der Waals surface area contributed by atoms with Gasteiger partial charge in [-0.25, -0.2) is 4.79 Å². The summed E-state index contributed by atoms with van der Waals surface area (Å²) in [7, 11) is 0. The van der Waals surface area contributed by atoms with Crippen LogP contribution in [0.15, 0.2) is 36.4 Å². The molecule has 0 aliphatic heterocycles. The number of hydrogen-bond acceptors (Lipinski definition) is 4. The highest BCUT2D eigenvalue weighted by Gasteiger charge is 2.20. The molecule has 23 heavy (non-hydrogen) atoms. The van der Waals surface area contributed by atoms with Crippen LogP contribution in [0.2, 0.25) is 0 Å². The summed E-state index contributed by atoms with van der Waals surface area (Å²) in [4.78, 5) is 23.9. The molecule has 0 fully saturated rings. The van der Waals surface area contributed by atoms with Gasteiger partial charge in [-0.05, 0) is 25.0 Å². The molecule has 0 bridgehead atoms. The van der Waals surface area contributed by atoms with Gasteiger partial charge in [0, 0.05) is 12.2 Å². The second kappa shape index (κ2) is 8.12. The number of carbonyl (C=O) groups excluding carboxylic acids is 2. The number of aromatic nitrogens is 2. The summed E-state index contributed by atoms with van der Waals surface area (Å²) in [5.74, 6) is -0.947. The van der Waals surface area contributed by atoms with Gasteiger partial charge in [-0.3, -0.25) is 9.89 Å². The lowest BCUT2D eigenvalue weighted by Crippen LogP contribution is -2.35. The largest absolute Gasteiger partial charge is 0.448 e. The van der Waals surface area contributed by atoms with E-state index in [1.54, 1.807) is 6.07 Å². The van der Waals surface area contributed by atoms with E-state index in [0.717, 1.165) is 24.1 Å². The lowest BCUT2D eigenvalue weighted by Gasteiger charge is -2.12. The number of aryl methyl sites for hydroxylation is 1. The fraction of sp³-hybridized carbons (Fsp3) is 0.353. The van der Waals surface area contributed by atoms with Crippen LogP contribution in [0.4, 0.5) is 0 Å². The number of aromatic amines is 1. The molecule has 1 amide bonds. The lowest BCUT2D eigenvalue weighted by atomic mass is 10.2. The summed E-state index contributed by atoms with van der Waals surface area (Å²) in [5, 5.41) is 9.43. The van der Waals surface area contributed by atoms with Gasteiger partial charge in [0.1, 0.15) is 0 Å². The quantitative estimate of drug-likeness (QED) is 0.767. The van der Waals surface area contributed by atoms with Crippen molar-refractivity contribution in [3.63, 3.8) is 0 Å². The molecular weight excluding hydrogens is 294 g/mol. The summed E-state index contributed by atoms with van der Waals surface area (Å²) >= 11 is 0. The summed E-state index contributed by atoms with van der Waals surface area (Å²) in [5.41, 5.74) is 2.05. The molecule has 2 aromatic rings. The van der Waals surface area contributed by atoms with Crippen molar-refractivity contribution >= 4 is 11.9 Å². The van der Waals surface area contributed by atoms with Crippen LogP contribution in [0.5, 0.6) is 0 Å². The maximum Gasteiger partial charge on any atom is 0.359 e. The van der Waals surface area contributed by atoms with Gasteiger partial charge in [-0.15, -0.1) is 0 Å². The van der Waals surface area contributed by atoms with E-state index in [0.29, 0.717) is 6.54 Å². The fourth-order valence-corrected chi connectivity index (χ4v) is 2.07. The number of hydrogen-bond donors (Lipinski definition) is 2. The third-order valence-electron chi connectivity index (χ3n) is 3.32. The van der Waals surface area contributed by atoms with Crippen LogP contribution in [0.25, 0.3) is 0 Å². The zero-order chi connectivity index (χ0) is 16.7. The fourth-order valence-electron chi connectivity index (χ4n) is 2.07. The number of nitrogens with one attached hydrogen (secondary N) is 2. The van der Waals surface area contributed by atoms with Gasteiger partial charge in [-0.1, -0.05) is 43.7 Å². The summed E-state index contributed by atoms with van der Waals surface area (Å²) in [6.45, 7) is 3.97. The number of ether oxygens (including phenoxy) is 1. The number of rotatable bonds is 7. The summed E-state index contributed by atoms with van der Waals surface area (Å²) < 4.78 is 5.14. The van der Waals surface area contributed by atoms with Crippen LogP contribution in [0.3, 0.4) is 0 Å². The Morgan fingerprint density at radius 3 is 2.74 bits per heavy atom. The van der Waals surface area contributed by atoms with Crippen LogP contribution in [0, 0.1) is 0 Å². The second-order valence-corrected chi connectivity index (χ2v) is 5.28. The zero-order valence-electron chi connectivity index (χ0n) is 13.3. The molecule has 0 saturated heterocycles. The minimum Gasteiger partial charge on any atom is -0.448 e. The Morgan fingerprint density at radius 1 is 1.30 bits per heavy atom. The van der Waals surface area contributed by atoms with Crippen molar-refractivity contribution in [1.29, 1.82) is 0 Å². The predicted molar refractivity (Wildman–Crippen MR) is 85.7 cm³/mol. The summed E-state index contributed by atoms with van der Waals surface area (Å²) in [6.07, 6.45) is 0.889. The van der Waals surface area contributed by atoms with E-state index in [1.807, 2.05) is 37.3 Å². The normalized spacial score (nSPS) is 11.7. The molecule has 0 aliphatic rings. The molecule has 0 radical (unpaired) electrons. The molecule has 1 aromatic heterocycles. The van der Waals surface area contributed by atoms with E-state index in [9.17, 15) is 9.59 Å². The van der Waals surface area contributed by atoms with E-state index in [2.05, 4.69) is 15.5 Å². The van der Waals surface area contributed by atoms with Gasteiger partial charge in [0.15, 0.2) is 11.8 Å². The number of nitrogens with zero attached hydrogens (tertiary/aromatic N) is 1. The summed E-state index contributed by atoms with van der Waals surface area (Å²) in [6, 6.07) is 11.2. The minimum absolute atomic E-state index is 0.191. The number of carbonyl (C=O) groups is 2. The number of H-pyrrole nitrogens is 1. The molecule has 1 aromatic carbocycles. The monoisotopic (exact) mass is 315 g/mol. The van der Waals surface area contributed by atoms with Gasteiger partial charge in [-0.2, -0.15) is 5.10 Å². The smallest absolute Gasteiger partial charge is 0.359 e. The van der Waals surface area contributed by atoms with Crippen LogP contribution in [-0.4, -0.2) is 28.2 Å². The van der Waals surface area contributed by atoms with Crippen LogP contribution in [-0.2, 0) is 22.5 Å². The molecule has 0 aliphatic carbocycles. The number of benzene rings is 1. The molecule has 2 rings (SSSR count). The molecule has 6 heteroatoms. The standard InChI is InChI=1S/C17H21N3O3/c1-3-7-14-10-15(20-19-14)17(22)23-12(2)16(21)18-11-13-8-5-4-6-9-13/h4-6,8-10,12H,3,7,11H2,1-2H3,(H,18,21)(H,19,20). The Morgan fingerprint density at radius 2 is 2.04 bits per heavy atom. The minimum atomic E-state index is -0.877. The lowest BCUT2D eigenvalue weighted by molar-refractivity contribution is -0.129. The highest BCUT2D eigenvalue weighted by molar-refractivity contribution is 5.90. The first-order chi connectivity index (χ1) is 11.1. The number of amides is 1. The first-order valence-electron chi connectivity index (χ1n) is 7.67. The molecule has 0 spiro atoms. The van der Waals surface area contributed by atoms with Crippen molar-refractivity contribution in [2.75, 3.05) is 0 Å². The van der Waals surface area contributed by atoms with Gasteiger partial charge in [0.25, 0.3) is 5.91 Å². The topological polar surface area (TPSA) is 84.1 Å². The zero-order valence-corrected chi connectivity index (χ0v) is 13.3. The first-order valence-corrected chi connectivity index (χ1v) is 7.67. The van der Waals surface area contributed by atoms with Gasteiger partial charge in [0.05, 0.1) is 0 Å². The van der Waals surface area contributed by atoms with Crippen molar-refractivity contribution in [1.82, 2.24) is 15.5 Å². The molecule has 0 saturated carbocycles. The molecule has 1 heterocycles. The van der Waals surface area contributed by atoms with E-state index in [4.69, 9.17) is 4.74 Å². The van der Waals surface area contributed by atoms with E-state index < -0.39 is 12.1 Å². The maximum absolute atomic E-state index is 12.0. The third kappa shape index (κ3) is 4.95. The van der Waals surface area contributed by atoms with Crippen molar-refractivity contribution in [3.05, 3.63) is 53.3 Å². The first kappa shape index (κ1) is 16.7. The van der Waals surface area contributed by atoms with Crippen LogP contribution in [0.1, 0.15) is 42.0 Å². The Bertz CT molecular complexity index is 652. The number of esters is 1. The maximum atomic E-state index is 12.0. The molecule has 122 valence electrons. The van der Waals surface area contributed by atoms with Crippen molar-refractivity contribution in [3.8, 4) is 0 Å². The van der Waals surface area contributed by atoms with Crippen LogP contribution >= 0.6 is 0 Å². The predicted octanol–water partition coefficient (Wildman–Crippen LogP) is 2.22. The van der Waals surface area contributed by atoms with Crippen molar-refractivity contribution < 1.29 is 14.3 Å². The van der Waals surface area contributed by atoms with E-state index >= 15 is 0 Å². The van der Waals surface area contributed by atoms with E-state index in [1.165, 1.54) is 6.92 Å². The van der Waals surface area contributed by atoms with Gasteiger partial charge < -0.3 is 10.1 Å². The highest BCUT2D eigenvalue weighted by Crippen LogP contribution is 2.06. The Hall–Kier alpha value is -2.63. The van der Waals surface area contributed by atoms with Crippen molar-refractivity contribution in [2.45, 2.75) is 39.3 Å². The molecular formula is C17H21N3O3. The third-order valence-corrected chi connectivity index (χ3v) is 3.32. The van der Waals surface area contributed by atoms with E-state index in [-0.39, 0.29) is 11.6 Å². The molecule has 6 nitrogen and oxygen atoms in total. The second-order valence-electron chi connectivity index (χ2n) is 5.28. The Labute approximate surface area is 135 Å². The SMILES string of the molecule is CCCc1cc(C(=O)OC(C)C(=O)NCc2ccccc2)n[nH]1. The molecule has 1 atom stereocenters. The molecule has 2 N–H and O–H groups in total. The van der Waals surface area contributed by atoms with Crippen molar-refractivity contribution in [2.24, 2.45) is 0 Å². The Balaban J connectivity index is 1.83. The Kier molecular flexibility index (Phi) is 5.91.